The number of amides is 1. The number of nitrogens with one attached hydrogen (secondary N) is 1. The lowest BCUT2D eigenvalue weighted by atomic mass is 10.0. The Labute approximate surface area is 108 Å². The molecule has 1 aromatic rings. The van der Waals surface area contributed by atoms with Crippen molar-refractivity contribution in [1.29, 1.82) is 0 Å². The van der Waals surface area contributed by atoms with Crippen LogP contribution in [-0.2, 0) is 16.9 Å². The standard InChI is InChI=1S/C12H23N5O/c1-5-9(6-2)14-11(18)8-17-7-10(15-16-17)12(3,4)13/h7,9H,5-6,8,13H2,1-4H3,(H,14,18). The minimum atomic E-state index is -0.538. The molecule has 0 unspecified atom stereocenters. The van der Waals surface area contributed by atoms with Gasteiger partial charge in [-0.15, -0.1) is 5.10 Å². The number of nitrogens with zero attached hydrogens (tertiary/aromatic N) is 3. The number of nitrogens with two attached hydrogens (primary N) is 1. The van der Waals surface area contributed by atoms with Crippen molar-refractivity contribution in [3.05, 3.63) is 11.9 Å². The average molecular weight is 253 g/mol. The van der Waals surface area contributed by atoms with Crippen molar-refractivity contribution in [2.45, 2.75) is 58.7 Å². The Morgan fingerprint density at radius 1 is 1.50 bits per heavy atom. The van der Waals surface area contributed by atoms with Crippen LogP contribution in [0.5, 0.6) is 0 Å². The lowest BCUT2D eigenvalue weighted by Gasteiger charge is -2.14. The largest absolute Gasteiger partial charge is 0.352 e. The third-order valence-corrected chi connectivity index (χ3v) is 2.86. The summed E-state index contributed by atoms with van der Waals surface area (Å²) in [5, 5.41) is 10.8. The van der Waals surface area contributed by atoms with Gasteiger partial charge in [0.15, 0.2) is 0 Å². The summed E-state index contributed by atoms with van der Waals surface area (Å²) in [6.07, 6.45) is 3.58. The number of carbonyl (C=O) groups excluding carboxylic acids is 1. The smallest absolute Gasteiger partial charge is 0.242 e. The number of hydrogen-bond acceptors (Lipinski definition) is 4. The zero-order chi connectivity index (χ0) is 13.8. The highest BCUT2D eigenvalue weighted by Crippen LogP contribution is 2.12. The van der Waals surface area contributed by atoms with Gasteiger partial charge in [0.1, 0.15) is 12.2 Å². The van der Waals surface area contributed by atoms with E-state index in [1.54, 1.807) is 6.20 Å². The number of hydrogen-bond donors (Lipinski definition) is 2. The maximum atomic E-state index is 11.8. The van der Waals surface area contributed by atoms with Crippen molar-refractivity contribution in [2.75, 3.05) is 0 Å². The minimum absolute atomic E-state index is 0.0463. The first-order chi connectivity index (χ1) is 8.36. The fraction of sp³-hybridized carbons (Fsp3) is 0.750. The molecule has 0 bridgehead atoms. The Hall–Kier alpha value is -1.43. The van der Waals surface area contributed by atoms with Gasteiger partial charge in [0, 0.05) is 6.04 Å². The normalized spacial score (nSPS) is 11.9. The molecule has 0 fully saturated rings. The molecule has 3 N–H and O–H groups in total. The van der Waals surface area contributed by atoms with Crippen LogP contribution in [0, 0.1) is 0 Å². The molecule has 0 spiro atoms. The summed E-state index contributed by atoms with van der Waals surface area (Å²) in [6.45, 7) is 7.99. The van der Waals surface area contributed by atoms with Crippen LogP contribution in [0.25, 0.3) is 0 Å². The summed E-state index contributed by atoms with van der Waals surface area (Å²) in [6, 6.07) is 0.228. The molecule has 0 aliphatic heterocycles. The van der Waals surface area contributed by atoms with Gasteiger partial charge < -0.3 is 11.1 Å². The molecule has 6 nitrogen and oxygen atoms in total. The second-order valence-corrected chi connectivity index (χ2v) is 5.10. The van der Waals surface area contributed by atoms with E-state index in [0.29, 0.717) is 5.69 Å². The van der Waals surface area contributed by atoms with Crippen LogP contribution in [-0.4, -0.2) is 26.9 Å². The first kappa shape index (κ1) is 14.6. The van der Waals surface area contributed by atoms with Crippen molar-refractivity contribution in [2.24, 2.45) is 5.73 Å². The highest BCUT2D eigenvalue weighted by molar-refractivity contribution is 5.75. The molecular weight excluding hydrogens is 230 g/mol. The van der Waals surface area contributed by atoms with E-state index in [4.69, 9.17) is 5.73 Å². The van der Waals surface area contributed by atoms with E-state index in [2.05, 4.69) is 29.5 Å². The Bertz CT molecular complexity index is 389. The van der Waals surface area contributed by atoms with E-state index in [1.807, 2.05) is 13.8 Å². The van der Waals surface area contributed by atoms with Crippen LogP contribution < -0.4 is 11.1 Å². The fourth-order valence-electron chi connectivity index (χ4n) is 1.58. The number of rotatable bonds is 6. The molecule has 1 rings (SSSR count). The molecule has 6 heteroatoms. The molecule has 0 radical (unpaired) electrons. The molecule has 18 heavy (non-hydrogen) atoms. The average Bonchev–Trinajstić information content (AvgIpc) is 2.74. The minimum Gasteiger partial charge on any atom is -0.352 e. The SMILES string of the molecule is CCC(CC)NC(=O)Cn1cc(C(C)(C)N)nn1. The predicted octanol–water partition coefficient (Wildman–Crippen LogP) is 0.777. The first-order valence-electron chi connectivity index (χ1n) is 6.35. The van der Waals surface area contributed by atoms with E-state index in [0.717, 1.165) is 12.8 Å². The second-order valence-electron chi connectivity index (χ2n) is 5.10. The summed E-state index contributed by atoms with van der Waals surface area (Å²) in [5.74, 6) is -0.0463. The first-order valence-corrected chi connectivity index (χ1v) is 6.35. The van der Waals surface area contributed by atoms with Crippen molar-refractivity contribution in [1.82, 2.24) is 20.3 Å². The summed E-state index contributed by atoms with van der Waals surface area (Å²) in [4.78, 5) is 11.8. The third kappa shape index (κ3) is 4.10. The Morgan fingerprint density at radius 2 is 2.11 bits per heavy atom. The van der Waals surface area contributed by atoms with Crippen molar-refractivity contribution in [3.63, 3.8) is 0 Å². The molecule has 0 atom stereocenters. The predicted molar refractivity (Wildman–Crippen MR) is 69.7 cm³/mol. The maximum absolute atomic E-state index is 11.8. The Balaban J connectivity index is 2.57. The molecular formula is C12H23N5O. The lowest BCUT2D eigenvalue weighted by molar-refractivity contribution is -0.122. The summed E-state index contributed by atoms with van der Waals surface area (Å²) >= 11 is 0. The monoisotopic (exact) mass is 253 g/mol. The van der Waals surface area contributed by atoms with Gasteiger partial charge in [-0.25, -0.2) is 4.68 Å². The fourth-order valence-corrected chi connectivity index (χ4v) is 1.58. The molecule has 0 aromatic carbocycles. The van der Waals surface area contributed by atoms with E-state index < -0.39 is 5.54 Å². The molecule has 0 aliphatic rings. The molecule has 0 saturated heterocycles. The van der Waals surface area contributed by atoms with Crippen LogP contribution in [0.2, 0.25) is 0 Å². The highest BCUT2D eigenvalue weighted by Gasteiger charge is 2.19. The van der Waals surface area contributed by atoms with Gasteiger partial charge in [-0.2, -0.15) is 0 Å². The van der Waals surface area contributed by atoms with Crippen molar-refractivity contribution in [3.8, 4) is 0 Å². The molecule has 102 valence electrons. The summed E-state index contributed by atoms with van der Waals surface area (Å²) in [5.41, 5.74) is 6.05. The topological polar surface area (TPSA) is 85.8 Å². The van der Waals surface area contributed by atoms with Crippen LogP contribution in [0.4, 0.5) is 0 Å². The zero-order valence-electron chi connectivity index (χ0n) is 11.6. The Morgan fingerprint density at radius 3 is 2.56 bits per heavy atom. The number of aromatic nitrogens is 3. The van der Waals surface area contributed by atoms with Crippen molar-refractivity contribution < 1.29 is 4.79 Å². The van der Waals surface area contributed by atoms with E-state index >= 15 is 0 Å². The summed E-state index contributed by atoms with van der Waals surface area (Å²) in [7, 11) is 0. The van der Waals surface area contributed by atoms with E-state index in [-0.39, 0.29) is 18.5 Å². The molecule has 0 aliphatic carbocycles. The van der Waals surface area contributed by atoms with Gasteiger partial charge >= 0.3 is 0 Å². The molecule has 1 aromatic heterocycles. The quantitative estimate of drug-likeness (QED) is 0.784. The van der Waals surface area contributed by atoms with Gasteiger partial charge in [-0.05, 0) is 26.7 Å². The maximum Gasteiger partial charge on any atom is 0.242 e. The third-order valence-electron chi connectivity index (χ3n) is 2.86. The van der Waals surface area contributed by atoms with E-state index in [1.165, 1.54) is 4.68 Å². The van der Waals surface area contributed by atoms with E-state index in [9.17, 15) is 4.79 Å². The lowest BCUT2D eigenvalue weighted by Crippen LogP contribution is -2.36. The van der Waals surface area contributed by atoms with Crippen LogP contribution in [0.15, 0.2) is 6.20 Å². The zero-order valence-corrected chi connectivity index (χ0v) is 11.6. The Kier molecular flexibility index (Phi) is 4.84. The van der Waals surface area contributed by atoms with Gasteiger partial charge in [-0.1, -0.05) is 19.1 Å². The van der Waals surface area contributed by atoms with Crippen LogP contribution in [0.3, 0.4) is 0 Å². The molecule has 1 amide bonds. The van der Waals surface area contributed by atoms with Gasteiger partial charge in [0.2, 0.25) is 5.91 Å². The molecule has 0 saturated carbocycles. The van der Waals surface area contributed by atoms with Crippen LogP contribution >= 0.6 is 0 Å². The second kappa shape index (κ2) is 5.95. The summed E-state index contributed by atoms with van der Waals surface area (Å²) < 4.78 is 1.52. The van der Waals surface area contributed by atoms with Gasteiger partial charge in [0.25, 0.3) is 0 Å². The van der Waals surface area contributed by atoms with Crippen LogP contribution in [0.1, 0.15) is 46.2 Å². The number of carbonyl (C=O) groups is 1. The highest BCUT2D eigenvalue weighted by atomic mass is 16.2. The van der Waals surface area contributed by atoms with Crippen molar-refractivity contribution >= 4 is 5.91 Å². The molecule has 1 heterocycles. The van der Waals surface area contributed by atoms with Gasteiger partial charge in [-0.3, -0.25) is 4.79 Å². The van der Waals surface area contributed by atoms with Gasteiger partial charge in [0.05, 0.1) is 11.7 Å².